The summed E-state index contributed by atoms with van der Waals surface area (Å²) in [4.78, 5) is 2.11. The molecule has 0 spiro atoms. The van der Waals surface area contributed by atoms with Crippen LogP contribution in [0.3, 0.4) is 0 Å². The van der Waals surface area contributed by atoms with Crippen molar-refractivity contribution in [2.45, 2.75) is 13.1 Å². The highest BCUT2D eigenvalue weighted by Gasteiger charge is 1.99. The molecular weight excluding hydrogens is 252 g/mol. The molecule has 0 saturated carbocycles. The van der Waals surface area contributed by atoms with Crippen LogP contribution < -0.4 is 10.1 Å². The molecule has 0 amide bonds. The number of nitrogens with one attached hydrogen (secondary N) is 1. The minimum Gasteiger partial charge on any atom is -0.492 e. The number of furan rings is 1. The second-order valence-corrected chi connectivity index (χ2v) is 4.98. The van der Waals surface area contributed by atoms with Crippen molar-refractivity contribution >= 4 is 0 Å². The van der Waals surface area contributed by atoms with Crippen molar-refractivity contribution < 1.29 is 9.15 Å². The van der Waals surface area contributed by atoms with Gasteiger partial charge in [0, 0.05) is 13.1 Å². The van der Waals surface area contributed by atoms with Crippen LogP contribution in [0.25, 0.3) is 0 Å². The molecule has 1 aromatic carbocycles. The van der Waals surface area contributed by atoms with Gasteiger partial charge in [0.2, 0.25) is 0 Å². The Labute approximate surface area is 120 Å². The molecule has 0 aliphatic heterocycles. The van der Waals surface area contributed by atoms with Crippen LogP contribution in [0.2, 0.25) is 0 Å². The van der Waals surface area contributed by atoms with E-state index in [0.717, 1.165) is 31.1 Å². The van der Waals surface area contributed by atoms with Crippen LogP contribution >= 0.6 is 0 Å². The van der Waals surface area contributed by atoms with E-state index >= 15 is 0 Å². The molecule has 2 rings (SSSR count). The van der Waals surface area contributed by atoms with E-state index in [1.54, 1.807) is 6.26 Å². The third-order valence-electron chi connectivity index (χ3n) is 2.91. The molecule has 4 heteroatoms. The quantitative estimate of drug-likeness (QED) is 0.802. The molecule has 4 nitrogen and oxygen atoms in total. The van der Waals surface area contributed by atoms with E-state index in [2.05, 4.69) is 22.3 Å². The lowest BCUT2D eigenvalue weighted by molar-refractivity contribution is 0.261. The molecule has 0 aliphatic carbocycles. The highest BCUT2D eigenvalue weighted by molar-refractivity contribution is 5.28. The van der Waals surface area contributed by atoms with Gasteiger partial charge in [0.15, 0.2) is 0 Å². The zero-order valence-electron chi connectivity index (χ0n) is 12.1. The van der Waals surface area contributed by atoms with Crippen LogP contribution in [0.4, 0.5) is 0 Å². The predicted molar refractivity (Wildman–Crippen MR) is 79.7 cm³/mol. The number of hydrogen-bond donors (Lipinski definition) is 1. The van der Waals surface area contributed by atoms with Crippen molar-refractivity contribution in [1.82, 2.24) is 10.2 Å². The summed E-state index contributed by atoms with van der Waals surface area (Å²) >= 11 is 0. The second-order valence-electron chi connectivity index (χ2n) is 4.98. The Balaban J connectivity index is 1.77. The fraction of sp³-hybridized carbons (Fsp3) is 0.375. The smallest absolute Gasteiger partial charge is 0.119 e. The molecule has 0 unspecified atom stereocenters. The molecule has 0 atom stereocenters. The molecule has 1 N–H and O–H groups in total. The maximum atomic E-state index is 5.72. The number of rotatable bonds is 8. The van der Waals surface area contributed by atoms with E-state index in [4.69, 9.17) is 9.15 Å². The van der Waals surface area contributed by atoms with Gasteiger partial charge in [0.1, 0.15) is 18.1 Å². The van der Waals surface area contributed by atoms with E-state index in [-0.39, 0.29) is 0 Å². The van der Waals surface area contributed by atoms with Crippen LogP contribution in [-0.4, -0.2) is 32.1 Å². The van der Waals surface area contributed by atoms with Gasteiger partial charge in [-0.1, -0.05) is 12.1 Å². The third-order valence-corrected chi connectivity index (χ3v) is 2.91. The van der Waals surface area contributed by atoms with Crippen LogP contribution in [0.1, 0.15) is 11.3 Å². The average Bonchev–Trinajstić information content (AvgIpc) is 2.92. The molecule has 108 valence electrons. The van der Waals surface area contributed by atoms with E-state index in [1.165, 1.54) is 5.56 Å². The van der Waals surface area contributed by atoms with Crippen molar-refractivity contribution in [2.24, 2.45) is 0 Å². The van der Waals surface area contributed by atoms with Crippen molar-refractivity contribution in [2.75, 3.05) is 27.2 Å². The first kappa shape index (κ1) is 14.6. The first-order valence-electron chi connectivity index (χ1n) is 6.83. The molecule has 1 heterocycles. The summed E-state index contributed by atoms with van der Waals surface area (Å²) in [5.74, 6) is 1.87. The lowest BCUT2D eigenvalue weighted by atomic mass is 10.2. The highest BCUT2D eigenvalue weighted by atomic mass is 16.5. The lowest BCUT2D eigenvalue weighted by Gasteiger charge is -2.12. The van der Waals surface area contributed by atoms with Gasteiger partial charge in [0.25, 0.3) is 0 Å². The molecule has 2 aromatic rings. The zero-order chi connectivity index (χ0) is 14.2. The first-order valence-corrected chi connectivity index (χ1v) is 6.83. The normalized spacial score (nSPS) is 10.9. The van der Waals surface area contributed by atoms with E-state index in [1.807, 2.05) is 38.4 Å². The summed E-state index contributed by atoms with van der Waals surface area (Å²) in [6.45, 7) is 3.15. The van der Waals surface area contributed by atoms with Gasteiger partial charge >= 0.3 is 0 Å². The summed E-state index contributed by atoms with van der Waals surface area (Å²) in [6.07, 6.45) is 1.69. The topological polar surface area (TPSA) is 37.6 Å². The van der Waals surface area contributed by atoms with Crippen LogP contribution in [-0.2, 0) is 13.1 Å². The summed E-state index contributed by atoms with van der Waals surface area (Å²) in [7, 11) is 4.08. The van der Waals surface area contributed by atoms with Gasteiger partial charge in [-0.15, -0.1) is 0 Å². The van der Waals surface area contributed by atoms with Crippen LogP contribution in [0, 0.1) is 0 Å². The van der Waals surface area contributed by atoms with Gasteiger partial charge in [0.05, 0.1) is 12.8 Å². The molecule has 0 bridgehead atoms. The Hall–Kier alpha value is -1.78. The van der Waals surface area contributed by atoms with Gasteiger partial charge < -0.3 is 19.4 Å². The van der Waals surface area contributed by atoms with Crippen molar-refractivity contribution in [3.8, 4) is 5.75 Å². The first-order chi connectivity index (χ1) is 9.74. The number of likely N-dealkylation sites (N-methyl/N-ethyl adjacent to an activating group) is 1. The van der Waals surface area contributed by atoms with E-state index < -0.39 is 0 Å². The Bertz CT molecular complexity index is 495. The Morgan fingerprint density at radius 1 is 1.15 bits per heavy atom. The summed E-state index contributed by atoms with van der Waals surface area (Å²) in [5, 5.41) is 3.35. The van der Waals surface area contributed by atoms with Crippen LogP contribution in [0.15, 0.2) is 47.1 Å². The van der Waals surface area contributed by atoms with Crippen molar-refractivity contribution in [3.63, 3.8) is 0 Å². The number of nitrogens with zero attached hydrogens (tertiary/aromatic N) is 1. The monoisotopic (exact) mass is 274 g/mol. The maximum Gasteiger partial charge on any atom is 0.119 e. The van der Waals surface area contributed by atoms with E-state index in [0.29, 0.717) is 6.61 Å². The average molecular weight is 274 g/mol. The maximum absolute atomic E-state index is 5.72. The minimum atomic E-state index is 0.705. The molecule has 0 radical (unpaired) electrons. The molecule has 20 heavy (non-hydrogen) atoms. The van der Waals surface area contributed by atoms with Gasteiger partial charge in [-0.2, -0.15) is 0 Å². The molecule has 0 aliphatic rings. The largest absolute Gasteiger partial charge is 0.492 e. The van der Waals surface area contributed by atoms with Crippen molar-refractivity contribution in [3.05, 3.63) is 54.0 Å². The third kappa shape index (κ3) is 5.07. The van der Waals surface area contributed by atoms with Gasteiger partial charge in [-0.25, -0.2) is 0 Å². The van der Waals surface area contributed by atoms with Gasteiger partial charge in [-0.05, 0) is 43.9 Å². The fourth-order valence-corrected chi connectivity index (χ4v) is 1.83. The number of benzene rings is 1. The van der Waals surface area contributed by atoms with Crippen LogP contribution in [0.5, 0.6) is 5.75 Å². The second kappa shape index (κ2) is 7.72. The number of hydrogen-bond acceptors (Lipinski definition) is 4. The molecular formula is C16H22N2O2. The molecule has 0 fully saturated rings. The fourth-order valence-electron chi connectivity index (χ4n) is 1.83. The van der Waals surface area contributed by atoms with E-state index in [9.17, 15) is 0 Å². The summed E-state index contributed by atoms with van der Waals surface area (Å²) < 4.78 is 11.0. The standard InChI is InChI=1S/C16H22N2O2/c1-18(2)8-10-20-15-6-3-5-14(11-15)12-17-13-16-7-4-9-19-16/h3-7,9,11,17H,8,10,12-13H2,1-2H3. The molecule has 1 aromatic heterocycles. The Morgan fingerprint density at radius 3 is 2.80 bits per heavy atom. The Kier molecular flexibility index (Phi) is 5.65. The SMILES string of the molecule is CN(C)CCOc1cccc(CNCc2ccco2)c1. The summed E-state index contributed by atoms with van der Waals surface area (Å²) in [5.41, 5.74) is 1.21. The predicted octanol–water partition coefficient (Wildman–Crippen LogP) is 2.51. The summed E-state index contributed by atoms with van der Waals surface area (Å²) in [6, 6.07) is 12.0. The molecule has 0 saturated heterocycles. The van der Waals surface area contributed by atoms with Crippen molar-refractivity contribution in [1.29, 1.82) is 0 Å². The minimum absolute atomic E-state index is 0.705. The number of ether oxygens (including phenoxy) is 1. The zero-order valence-corrected chi connectivity index (χ0v) is 12.1. The van der Waals surface area contributed by atoms with Gasteiger partial charge in [-0.3, -0.25) is 0 Å². The lowest BCUT2D eigenvalue weighted by Crippen LogP contribution is -2.19. The highest BCUT2D eigenvalue weighted by Crippen LogP contribution is 2.13. The Morgan fingerprint density at radius 2 is 2.05 bits per heavy atom.